The van der Waals surface area contributed by atoms with Gasteiger partial charge in [0.2, 0.25) is 0 Å². The minimum Gasteiger partial charge on any atom is -0.362 e. The van der Waals surface area contributed by atoms with Crippen LogP contribution in [0.5, 0.6) is 0 Å². The lowest BCUT2D eigenvalue weighted by atomic mass is 9.81. The van der Waals surface area contributed by atoms with E-state index in [0.29, 0.717) is 11.8 Å². The van der Waals surface area contributed by atoms with Crippen molar-refractivity contribution >= 4 is 22.4 Å². The van der Waals surface area contributed by atoms with Gasteiger partial charge in [0, 0.05) is 17.8 Å². The summed E-state index contributed by atoms with van der Waals surface area (Å²) in [5.74, 6) is 2.68. The van der Waals surface area contributed by atoms with E-state index >= 15 is 0 Å². The molecular formula is C65H71N. The second kappa shape index (κ2) is 24.7. The van der Waals surface area contributed by atoms with Crippen LogP contribution in [0.2, 0.25) is 0 Å². The summed E-state index contributed by atoms with van der Waals surface area (Å²) in [5.41, 5.74) is 17.8. The number of nitrogens with one attached hydrogen (secondary N) is 1. The summed E-state index contributed by atoms with van der Waals surface area (Å²) in [5, 5.41) is 3.32. The van der Waals surface area contributed by atoms with Crippen LogP contribution in [0.25, 0.3) is 27.8 Å². The molecule has 8 rings (SSSR count). The minimum atomic E-state index is 0.487. The molecule has 0 aliphatic heterocycles. The Morgan fingerprint density at radius 3 is 2.06 bits per heavy atom. The summed E-state index contributed by atoms with van der Waals surface area (Å²) >= 11 is 0. The zero-order chi connectivity index (χ0) is 45.9. The van der Waals surface area contributed by atoms with E-state index in [0.717, 1.165) is 49.6 Å². The number of rotatable bonds is 14. The van der Waals surface area contributed by atoms with Crippen molar-refractivity contribution in [2.45, 2.75) is 91.9 Å². The van der Waals surface area contributed by atoms with Crippen molar-refractivity contribution in [3.8, 4) is 11.1 Å². The molecule has 0 heterocycles. The molecule has 5 aromatic rings. The molecule has 336 valence electrons. The molecule has 0 amide bonds. The number of fused-ring (bicyclic) bond motifs is 1. The predicted molar refractivity (Wildman–Crippen MR) is 289 cm³/mol. The Hall–Kier alpha value is -6.44. The topological polar surface area (TPSA) is 12.0 Å². The van der Waals surface area contributed by atoms with Crippen LogP contribution in [-0.4, -0.2) is 0 Å². The highest BCUT2D eigenvalue weighted by atomic mass is 14.8. The van der Waals surface area contributed by atoms with Gasteiger partial charge in [-0.15, -0.1) is 0 Å². The summed E-state index contributed by atoms with van der Waals surface area (Å²) in [4.78, 5) is 0. The number of para-hydroxylation sites is 1. The van der Waals surface area contributed by atoms with Crippen molar-refractivity contribution in [2.75, 3.05) is 5.32 Å². The number of benzene rings is 5. The first-order valence-electron chi connectivity index (χ1n) is 24.6. The third-order valence-electron chi connectivity index (χ3n) is 13.6. The highest BCUT2D eigenvalue weighted by molar-refractivity contribution is 5.78. The smallest absolute Gasteiger partial charge is 0.0379 e. The molecule has 66 heavy (non-hydrogen) atoms. The average Bonchev–Trinajstić information content (AvgIpc) is 4.15. The van der Waals surface area contributed by atoms with Gasteiger partial charge in [-0.3, -0.25) is 0 Å². The zero-order valence-electron chi connectivity index (χ0n) is 40.2. The highest BCUT2D eigenvalue weighted by Gasteiger charge is 2.49. The monoisotopic (exact) mass is 866 g/mol. The van der Waals surface area contributed by atoms with E-state index in [1.54, 1.807) is 16.7 Å². The molecule has 0 aromatic heterocycles. The van der Waals surface area contributed by atoms with Gasteiger partial charge in [-0.2, -0.15) is 0 Å². The van der Waals surface area contributed by atoms with Gasteiger partial charge in [-0.25, -0.2) is 0 Å². The fourth-order valence-electron chi connectivity index (χ4n) is 10.0. The summed E-state index contributed by atoms with van der Waals surface area (Å²) in [6, 6.07) is 48.5. The van der Waals surface area contributed by atoms with Gasteiger partial charge in [0.1, 0.15) is 0 Å². The van der Waals surface area contributed by atoms with Crippen LogP contribution in [0.4, 0.5) is 5.69 Å². The maximum atomic E-state index is 3.32. The summed E-state index contributed by atoms with van der Waals surface area (Å²) in [7, 11) is 0. The van der Waals surface area contributed by atoms with Gasteiger partial charge in [-0.05, 0) is 171 Å². The fourth-order valence-corrected chi connectivity index (χ4v) is 10.0. The summed E-state index contributed by atoms with van der Waals surface area (Å²) in [6.07, 6.45) is 38.0. The van der Waals surface area contributed by atoms with Gasteiger partial charge in [0.15, 0.2) is 0 Å². The van der Waals surface area contributed by atoms with Crippen molar-refractivity contribution in [2.24, 2.45) is 17.8 Å². The lowest BCUT2D eigenvalue weighted by molar-refractivity contribution is 0.446. The Bertz CT molecular complexity index is 2570. The van der Waals surface area contributed by atoms with Gasteiger partial charge in [0.05, 0.1) is 0 Å². The molecule has 0 spiro atoms. The Balaban J connectivity index is 0.000000221. The fraction of sp³-hybridized carbons (Fsp3) is 0.262. The van der Waals surface area contributed by atoms with Crippen LogP contribution in [0, 0.1) is 17.8 Å². The number of hydrogen-bond donors (Lipinski definition) is 1. The minimum absolute atomic E-state index is 0.487. The zero-order valence-corrected chi connectivity index (χ0v) is 40.2. The number of hydrogen-bond acceptors (Lipinski definition) is 1. The third-order valence-corrected chi connectivity index (χ3v) is 13.6. The van der Waals surface area contributed by atoms with Gasteiger partial charge >= 0.3 is 0 Å². The molecule has 1 saturated carbocycles. The molecule has 1 nitrogen and oxygen atoms in total. The summed E-state index contributed by atoms with van der Waals surface area (Å²) < 4.78 is 0. The molecule has 3 aliphatic carbocycles. The number of anilines is 1. The Kier molecular flexibility index (Phi) is 17.8. The van der Waals surface area contributed by atoms with E-state index in [2.05, 4.69) is 222 Å². The van der Waals surface area contributed by atoms with Crippen molar-refractivity contribution in [3.05, 3.63) is 252 Å². The normalized spacial score (nSPS) is 21.3. The summed E-state index contributed by atoms with van der Waals surface area (Å²) in [6.45, 7) is 11.2. The average molecular weight is 866 g/mol. The predicted octanol–water partition coefficient (Wildman–Crippen LogP) is 18.4. The number of allylic oxidation sites excluding steroid dienone is 17. The van der Waals surface area contributed by atoms with E-state index in [4.69, 9.17) is 0 Å². The standard InChI is InChI=1S/C41H48.C24H23N/c1-5-7-9-11-16-32-21-23-36(24-22-32)41-31(4)38(35-27-25-34(26-28-35)33-17-12-10-13-18-33)20-14-19-37(39-29-40(39)41)30(3)15-8-6-2;1-2-9-20(18-19-25-24-12-7-4-8-13-24)22-14-16-23(17-15-22)21-10-5-3-6-11-21/h5-9,11-12,15,17-18,21-28,37,39-41H,10,13-14,16,19-20,29H2,1-4H3;3-19,25H,2H2,1H3/b7-5-,8-6-,11-9-,30-15+,38-31+;19-18?,20-9+/t37-,39?,40+,41?;/m0./s1. The first-order chi connectivity index (χ1) is 32.5. The molecule has 3 aliphatic rings. The van der Waals surface area contributed by atoms with Crippen molar-refractivity contribution in [1.29, 1.82) is 0 Å². The van der Waals surface area contributed by atoms with E-state index in [-0.39, 0.29) is 0 Å². The first-order valence-corrected chi connectivity index (χ1v) is 24.6. The first kappa shape index (κ1) is 47.5. The van der Waals surface area contributed by atoms with Crippen molar-refractivity contribution in [1.82, 2.24) is 0 Å². The van der Waals surface area contributed by atoms with Crippen LogP contribution in [0.15, 0.2) is 224 Å². The van der Waals surface area contributed by atoms with Crippen LogP contribution in [0.1, 0.15) is 113 Å². The van der Waals surface area contributed by atoms with Crippen molar-refractivity contribution in [3.63, 3.8) is 0 Å². The maximum Gasteiger partial charge on any atom is 0.0379 e. The van der Waals surface area contributed by atoms with Crippen molar-refractivity contribution < 1.29 is 0 Å². The Morgan fingerprint density at radius 1 is 0.697 bits per heavy atom. The molecule has 2 unspecified atom stereocenters. The Morgan fingerprint density at radius 2 is 1.38 bits per heavy atom. The van der Waals surface area contributed by atoms with Crippen LogP contribution < -0.4 is 5.32 Å². The van der Waals surface area contributed by atoms with E-state index < -0.39 is 0 Å². The van der Waals surface area contributed by atoms with E-state index in [1.807, 2.05) is 30.5 Å². The molecule has 5 aromatic carbocycles. The Labute approximate surface area is 398 Å². The molecule has 1 heteroatoms. The maximum absolute atomic E-state index is 3.32. The second-order valence-electron chi connectivity index (χ2n) is 18.1. The lowest BCUT2D eigenvalue weighted by Gasteiger charge is -2.24. The molecule has 0 radical (unpaired) electrons. The molecule has 1 N–H and O–H groups in total. The van der Waals surface area contributed by atoms with Gasteiger partial charge in [-0.1, -0.05) is 206 Å². The van der Waals surface area contributed by atoms with Gasteiger partial charge in [0.25, 0.3) is 0 Å². The van der Waals surface area contributed by atoms with Gasteiger partial charge < -0.3 is 5.32 Å². The van der Waals surface area contributed by atoms with E-state index in [1.165, 1.54) is 69.4 Å². The van der Waals surface area contributed by atoms with Crippen LogP contribution in [0.3, 0.4) is 0 Å². The third kappa shape index (κ3) is 13.1. The SMILES string of the molecule is C/C=C\C=C/Cc1ccc(C2/C(C)=C(/c3ccc(C4=CCCC=C4)cc3)CCC[C@@H](/C(C)=C/C=C\C)C3C[C@@H]23)cc1.CC/C=C(\C=CNc1ccccc1)c1ccc(-c2ccccc2)cc1. The quantitative estimate of drug-likeness (QED) is 0.110. The second-order valence-corrected chi connectivity index (χ2v) is 18.1. The highest BCUT2D eigenvalue weighted by Crippen LogP contribution is 2.59. The molecule has 0 saturated heterocycles. The van der Waals surface area contributed by atoms with Crippen LogP contribution in [-0.2, 0) is 6.42 Å². The van der Waals surface area contributed by atoms with E-state index in [9.17, 15) is 0 Å². The molecule has 1 fully saturated rings. The largest absolute Gasteiger partial charge is 0.362 e. The molecule has 0 bridgehead atoms. The molecular weight excluding hydrogens is 795 g/mol. The van der Waals surface area contributed by atoms with Crippen LogP contribution >= 0.6 is 0 Å². The molecule has 4 atom stereocenters. The lowest BCUT2D eigenvalue weighted by Crippen LogP contribution is -2.11.